The third kappa shape index (κ3) is 13.2. The third-order valence-electron chi connectivity index (χ3n) is 5.34. The minimum atomic E-state index is -1.93. The van der Waals surface area contributed by atoms with Crippen LogP contribution in [-0.2, 0) is 8.85 Å². The molecule has 1 atom stereocenters. The summed E-state index contributed by atoms with van der Waals surface area (Å²) in [6.45, 7) is 15.9. The van der Waals surface area contributed by atoms with Crippen LogP contribution >= 0.6 is 0 Å². The maximum Gasteiger partial charge on any atom is 0.334 e. The first-order valence-electron chi connectivity index (χ1n) is 10.6. The van der Waals surface area contributed by atoms with Crippen molar-refractivity contribution in [2.24, 2.45) is 0 Å². The Morgan fingerprint density at radius 1 is 0.923 bits per heavy atom. The maximum atomic E-state index is 5.63. The van der Waals surface area contributed by atoms with Gasteiger partial charge < -0.3 is 24.0 Å². The first-order chi connectivity index (χ1) is 12.4. The van der Waals surface area contributed by atoms with Crippen LogP contribution in [0.3, 0.4) is 0 Å². The molecule has 0 aliphatic heterocycles. The van der Waals surface area contributed by atoms with E-state index in [1.165, 1.54) is 51.9 Å². The zero-order chi connectivity index (χ0) is 19.8. The summed E-state index contributed by atoms with van der Waals surface area (Å²) in [5.74, 6) is 0. The molecule has 0 aliphatic rings. The second kappa shape index (κ2) is 16.0. The fraction of sp³-hybridized carbons (Fsp3) is 1.00. The van der Waals surface area contributed by atoms with Gasteiger partial charge in [0.1, 0.15) is 0 Å². The first-order valence-corrected chi connectivity index (χ1v) is 13.2. The lowest BCUT2D eigenvalue weighted by molar-refractivity contribution is 0.227. The molecular formula is C20H47N3O2Si. The summed E-state index contributed by atoms with van der Waals surface area (Å²) in [7, 11) is 3.88. The van der Waals surface area contributed by atoms with Crippen LogP contribution in [0.15, 0.2) is 0 Å². The molecule has 0 saturated carbocycles. The molecule has 0 spiro atoms. The summed E-state index contributed by atoms with van der Waals surface area (Å²) in [5.41, 5.74) is 0. The summed E-state index contributed by atoms with van der Waals surface area (Å²) in [6.07, 6.45) is 6.06. The lowest BCUT2D eigenvalue weighted by atomic mass is 10.2. The predicted octanol–water partition coefficient (Wildman–Crippen LogP) is 3.55. The standard InChI is InChI=1S/C20H47N3O2Si/c1-8-14-22(4)15-11-17-23(16-10-13-21-20(3)9-2)18-12-19-26(7,24-5)25-6/h20-21H,8-19H2,1-7H3. The van der Waals surface area contributed by atoms with Gasteiger partial charge in [-0.1, -0.05) is 13.8 Å². The summed E-state index contributed by atoms with van der Waals surface area (Å²) in [4.78, 5) is 5.08. The van der Waals surface area contributed by atoms with Gasteiger partial charge in [-0.2, -0.15) is 0 Å². The minimum Gasteiger partial charge on any atom is -0.398 e. The molecule has 0 fully saturated rings. The lowest BCUT2D eigenvalue weighted by Gasteiger charge is -2.27. The molecule has 0 aliphatic carbocycles. The van der Waals surface area contributed by atoms with E-state index >= 15 is 0 Å². The van der Waals surface area contributed by atoms with E-state index < -0.39 is 8.56 Å². The number of rotatable bonds is 18. The van der Waals surface area contributed by atoms with Crippen LogP contribution in [0.5, 0.6) is 0 Å². The molecule has 0 rings (SSSR count). The normalized spacial score (nSPS) is 13.7. The summed E-state index contributed by atoms with van der Waals surface area (Å²) >= 11 is 0. The van der Waals surface area contributed by atoms with Crippen molar-refractivity contribution in [3.8, 4) is 0 Å². The van der Waals surface area contributed by atoms with E-state index in [1.54, 1.807) is 14.2 Å². The van der Waals surface area contributed by atoms with E-state index in [2.05, 4.69) is 49.5 Å². The molecule has 5 nitrogen and oxygen atoms in total. The molecule has 0 bridgehead atoms. The first kappa shape index (κ1) is 26.0. The van der Waals surface area contributed by atoms with Gasteiger partial charge in [-0.15, -0.1) is 0 Å². The summed E-state index contributed by atoms with van der Waals surface area (Å²) in [5, 5.41) is 3.61. The molecular weight excluding hydrogens is 342 g/mol. The average Bonchev–Trinajstić information content (AvgIpc) is 2.64. The van der Waals surface area contributed by atoms with Crippen LogP contribution in [0, 0.1) is 0 Å². The number of hydrogen-bond acceptors (Lipinski definition) is 5. The monoisotopic (exact) mass is 389 g/mol. The predicted molar refractivity (Wildman–Crippen MR) is 116 cm³/mol. The number of nitrogens with zero attached hydrogens (tertiary/aromatic N) is 2. The average molecular weight is 390 g/mol. The Hall–Kier alpha value is 0.0169. The van der Waals surface area contributed by atoms with Crippen LogP contribution in [0.2, 0.25) is 12.6 Å². The topological polar surface area (TPSA) is 37.0 Å². The van der Waals surface area contributed by atoms with Gasteiger partial charge in [0.05, 0.1) is 0 Å². The van der Waals surface area contributed by atoms with Crippen molar-refractivity contribution < 1.29 is 8.85 Å². The molecule has 158 valence electrons. The van der Waals surface area contributed by atoms with E-state index in [9.17, 15) is 0 Å². The van der Waals surface area contributed by atoms with Crippen molar-refractivity contribution in [2.75, 3.05) is 60.5 Å². The molecule has 0 radical (unpaired) electrons. The molecule has 0 saturated heterocycles. The van der Waals surface area contributed by atoms with Crippen LogP contribution in [0.1, 0.15) is 52.9 Å². The zero-order valence-corrected chi connectivity index (χ0v) is 19.8. The van der Waals surface area contributed by atoms with Gasteiger partial charge in [-0.05, 0) is 97.9 Å². The molecule has 0 aromatic rings. The third-order valence-corrected chi connectivity index (χ3v) is 8.33. The Labute approximate surface area is 165 Å². The molecule has 0 amide bonds. The van der Waals surface area contributed by atoms with Crippen molar-refractivity contribution in [1.29, 1.82) is 0 Å². The minimum absolute atomic E-state index is 0.626. The van der Waals surface area contributed by atoms with Gasteiger partial charge in [-0.3, -0.25) is 0 Å². The molecule has 0 aromatic heterocycles. The van der Waals surface area contributed by atoms with Crippen molar-refractivity contribution in [3.63, 3.8) is 0 Å². The van der Waals surface area contributed by atoms with Crippen LogP contribution in [0.25, 0.3) is 0 Å². The highest BCUT2D eigenvalue weighted by atomic mass is 28.4. The Morgan fingerprint density at radius 2 is 1.54 bits per heavy atom. The van der Waals surface area contributed by atoms with Crippen LogP contribution in [0.4, 0.5) is 0 Å². The highest BCUT2D eigenvalue weighted by Gasteiger charge is 2.28. The second-order valence-corrected chi connectivity index (χ2v) is 11.3. The molecule has 0 heterocycles. The van der Waals surface area contributed by atoms with Crippen LogP contribution in [-0.4, -0.2) is 84.9 Å². The number of nitrogens with one attached hydrogen (secondary N) is 1. The van der Waals surface area contributed by atoms with Crippen molar-refractivity contribution in [2.45, 2.75) is 71.5 Å². The largest absolute Gasteiger partial charge is 0.398 e. The van der Waals surface area contributed by atoms with Gasteiger partial charge in [0.25, 0.3) is 0 Å². The highest BCUT2D eigenvalue weighted by Crippen LogP contribution is 2.14. The second-order valence-electron chi connectivity index (χ2n) is 7.76. The SMILES string of the molecule is CCCN(C)CCCN(CCCNC(C)CC)CCC[Si](C)(OC)OC. The summed E-state index contributed by atoms with van der Waals surface area (Å²) in [6, 6.07) is 1.69. The van der Waals surface area contributed by atoms with E-state index in [0.29, 0.717) is 6.04 Å². The lowest BCUT2D eigenvalue weighted by Crippen LogP contribution is -2.38. The summed E-state index contributed by atoms with van der Waals surface area (Å²) < 4.78 is 11.3. The molecule has 0 aromatic carbocycles. The molecule has 6 heteroatoms. The Kier molecular flexibility index (Phi) is 16.0. The molecule has 1 unspecified atom stereocenters. The van der Waals surface area contributed by atoms with Gasteiger partial charge in [0, 0.05) is 20.3 Å². The van der Waals surface area contributed by atoms with Crippen LogP contribution < -0.4 is 5.32 Å². The number of hydrogen-bond donors (Lipinski definition) is 1. The van der Waals surface area contributed by atoms with Crippen molar-refractivity contribution in [3.05, 3.63) is 0 Å². The van der Waals surface area contributed by atoms with Gasteiger partial charge in [-0.25, -0.2) is 0 Å². The van der Waals surface area contributed by atoms with Gasteiger partial charge >= 0.3 is 8.56 Å². The highest BCUT2D eigenvalue weighted by molar-refractivity contribution is 6.65. The quantitative estimate of drug-likeness (QED) is 0.287. The zero-order valence-electron chi connectivity index (χ0n) is 18.8. The molecule has 1 N–H and O–H groups in total. The van der Waals surface area contributed by atoms with E-state index in [1.807, 2.05) is 0 Å². The Morgan fingerprint density at radius 3 is 2.12 bits per heavy atom. The van der Waals surface area contributed by atoms with Gasteiger partial charge in [0.2, 0.25) is 0 Å². The molecule has 26 heavy (non-hydrogen) atoms. The Balaban J connectivity index is 4.25. The van der Waals surface area contributed by atoms with Crippen molar-refractivity contribution in [1.82, 2.24) is 15.1 Å². The fourth-order valence-corrected chi connectivity index (χ4v) is 4.48. The smallest absolute Gasteiger partial charge is 0.334 e. The van der Waals surface area contributed by atoms with E-state index in [4.69, 9.17) is 8.85 Å². The maximum absolute atomic E-state index is 5.63. The van der Waals surface area contributed by atoms with E-state index in [-0.39, 0.29) is 0 Å². The van der Waals surface area contributed by atoms with Gasteiger partial charge in [0.15, 0.2) is 0 Å². The van der Waals surface area contributed by atoms with Crippen molar-refractivity contribution >= 4 is 8.56 Å². The Bertz CT molecular complexity index is 317. The fourth-order valence-electron chi connectivity index (χ4n) is 3.10. The van der Waals surface area contributed by atoms with E-state index in [0.717, 1.165) is 25.6 Å².